The first-order valence-corrected chi connectivity index (χ1v) is 5.08. The molecule has 9 heteroatoms. The molecule has 98 valence electrons. The number of hydrogen-bond donors (Lipinski definition) is 2. The number of rotatable bonds is 5. The second-order valence-electron chi connectivity index (χ2n) is 3.45. The minimum atomic E-state index is -1.15. The van der Waals surface area contributed by atoms with E-state index in [0.29, 0.717) is 5.76 Å². The predicted molar refractivity (Wildman–Crippen MR) is 61.7 cm³/mol. The molecule has 2 N–H and O–H groups in total. The van der Waals surface area contributed by atoms with Gasteiger partial charge in [-0.3, -0.25) is 10.1 Å². The van der Waals surface area contributed by atoms with Gasteiger partial charge in [-0.2, -0.15) is 0 Å². The van der Waals surface area contributed by atoms with Crippen LogP contribution in [0.1, 0.15) is 16.3 Å². The Morgan fingerprint density at radius 1 is 1.42 bits per heavy atom. The van der Waals surface area contributed by atoms with Crippen LogP contribution in [0.2, 0.25) is 0 Å². The average Bonchev–Trinajstić information content (AvgIpc) is 2.86. The van der Waals surface area contributed by atoms with Crippen LogP contribution in [0.4, 0.5) is 11.6 Å². The summed E-state index contributed by atoms with van der Waals surface area (Å²) in [5.41, 5.74) is -0.211. The van der Waals surface area contributed by atoms with Crippen molar-refractivity contribution < 1.29 is 19.2 Å². The maximum Gasteiger partial charge on any atom is 0.371 e. The summed E-state index contributed by atoms with van der Waals surface area (Å²) in [5.74, 6) is -0.752. The summed E-state index contributed by atoms with van der Waals surface area (Å²) >= 11 is 0. The van der Waals surface area contributed by atoms with Gasteiger partial charge in [-0.25, -0.2) is 14.8 Å². The standard InChI is InChI=1S/C10H8N4O5/c15-9(16)8-2-1-7(19-8)5-13-10-11-3-6(4-12-10)14(17)18/h1-4H,5H2,(H,15,16)(H,11,12,13). The van der Waals surface area contributed by atoms with Crippen LogP contribution in [-0.4, -0.2) is 26.0 Å². The molecule has 0 atom stereocenters. The van der Waals surface area contributed by atoms with Gasteiger partial charge >= 0.3 is 11.7 Å². The zero-order valence-corrected chi connectivity index (χ0v) is 9.44. The van der Waals surface area contributed by atoms with E-state index in [1.54, 1.807) is 0 Å². The molecule has 2 rings (SSSR count). The molecular formula is C10H8N4O5. The van der Waals surface area contributed by atoms with Crippen LogP contribution < -0.4 is 5.32 Å². The number of nitrogens with one attached hydrogen (secondary N) is 1. The third-order valence-electron chi connectivity index (χ3n) is 2.14. The number of carboxylic acid groups (broad SMARTS) is 1. The summed E-state index contributed by atoms with van der Waals surface area (Å²) in [5, 5.41) is 21.8. The zero-order chi connectivity index (χ0) is 13.8. The Morgan fingerprint density at radius 2 is 2.11 bits per heavy atom. The molecule has 0 saturated carbocycles. The fraction of sp³-hybridized carbons (Fsp3) is 0.100. The van der Waals surface area contributed by atoms with Gasteiger partial charge in [-0.1, -0.05) is 0 Å². The van der Waals surface area contributed by atoms with E-state index in [2.05, 4.69) is 15.3 Å². The first kappa shape index (κ1) is 12.5. The molecule has 0 saturated heterocycles. The van der Waals surface area contributed by atoms with Crippen molar-refractivity contribution in [2.75, 3.05) is 5.32 Å². The van der Waals surface area contributed by atoms with Crippen molar-refractivity contribution in [2.24, 2.45) is 0 Å². The van der Waals surface area contributed by atoms with Crippen LogP contribution in [0.5, 0.6) is 0 Å². The van der Waals surface area contributed by atoms with Gasteiger partial charge in [0.15, 0.2) is 0 Å². The molecule has 0 aliphatic heterocycles. The van der Waals surface area contributed by atoms with E-state index in [4.69, 9.17) is 9.52 Å². The fourth-order valence-corrected chi connectivity index (χ4v) is 1.26. The Morgan fingerprint density at radius 3 is 2.63 bits per heavy atom. The summed E-state index contributed by atoms with van der Waals surface area (Å²) in [6.07, 6.45) is 2.14. The molecule has 2 heterocycles. The molecule has 2 aromatic heterocycles. The number of nitro groups is 1. The molecule has 0 amide bonds. The van der Waals surface area contributed by atoms with Crippen molar-refractivity contribution >= 4 is 17.6 Å². The lowest BCUT2D eigenvalue weighted by molar-refractivity contribution is -0.385. The van der Waals surface area contributed by atoms with E-state index in [1.807, 2.05) is 0 Å². The molecule has 0 bridgehead atoms. The fourth-order valence-electron chi connectivity index (χ4n) is 1.26. The van der Waals surface area contributed by atoms with Gasteiger partial charge in [0.1, 0.15) is 18.2 Å². The monoisotopic (exact) mass is 264 g/mol. The molecule has 0 aliphatic rings. The van der Waals surface area contributed by atoms with Crippen molar-refractivity contribution in [3.8, 4) is 0 Å². The summed E-state index contributed by atoms with van der Waals surface area (Å²) in [6, 6.07) is 2.83. The second kappa shape index (κ2) is 5.12. The van der Waals surface area contributed by atoms with Crippen LogP contribution in [0.15, 0.2) is 28.9 Å². The molecule has 0 unspecified atom stereocenters. The molecule has 0 fully saturated rings. The molecule has 0 spiro atoms. The number of anilines is 1. The quantitative estimate of drug-likeness (QED) is 0.609. The smallest absolute Gasteiger partial charge is 0.371 e. The molecule has 0 radical (unpaired) electrons. The van der Waals surface area contributed by atoms with E-state index in [1.165, 1.54) is 12.1 Å². The molecule has 0 aromatic carbocycles. The van der Waals surface area contributed by atoms with Crippen LogP contribution in [0, 0.1) is 10.1 Å². The summed E-state index contributed by atoms with van der Waals surface area (Å²) in [6.45, 7) is 0.172. The molecule has 9 nitrogen and oxygen atoms in total. The molecule has 0 aliphatic carbocycles. The summed E-state index contributed by atoms with van der Waals surface area (Å²) in [4.78, 5) is 27.8. The highest BCUT2D eigenvalue weighted by atomic mass is 16.6. The second-order valence-corrected chi connectivity index (χ2v) is 3.45. The maximum absolute atomic E-state index is 10.6. The normalized spacial score (nSPS) is 10.1. The average molecular weight is 264 g/mol. The van der Waals surface area contributed by atoms with Gasteiger partial charge < -0.3 is 14.8 Å². The van der Waals surface area contributed by atoms with Gasteiger partial charge in [0.05, 0.1) is 11.5 Å². The van der Waals surface area contributed by atoms with Crippen molar-refractivity contribution in [1.82, 2.24) is 9.97 Å². The van der Waals surface area contributed by atoms with Gasteiger partial charge in [-0.05, 0) is 12.1 Å². The minimum absolute atomic E-state index is 0.165. The minimum Gasteiger partial charge on any atom is -0.475 e. The van der Waals surface area contributed by atoms with Gasteiger partial charge in [0.2, 0.25) is 11.7 Å². The Hall–Kier alpha value is -2.97. The topological polar surface area (TPSA) is 131 Å². The van der Waals surface area contributed by atoms with Gasteiger partial charge in [0.25, 0.3) is 0 Å². The highest BCUT2D eigenvalue weighted by molar-refractivity contribution is 5.84. The third-order valence-corrected chi connectivity index (χ3v) is 2.14. The largest absolute Gasteiger partial charge is 0.475 e. The highest BCUT2D eigenvalue weighted by Gasteiger charge is 2.10. The lowest BCUT2D eigenvalue weighted by Crippen LogP contribution is -2.03. The number of carbonyl (C=O) groups is 1. The Kier molecular flexibility index (Phi) is 3.37. The van der Waals surface area contributed by atoms with E-state index >= 15 is 0 Å². The number of hydrogen-bond acceptors (Lipinski definition) is 7. The Balaban J connectivity index is 1.97. The van der Waals surface area contributed by atoms with Crippen molar-refractivity contribution in [3.63, 3.8) is 0 Å². The highest BCUT2D eigenvalue weighted by Crippen LogP contribution is 2.11. The predicted octanol–water partition coefficient (Wildman–Crippen LogP) is 1.29. The van der Waals surface area contributed by atoms with Gasteiger partial charge in [-0.15, -0.1) is 0 Å². The number of furan rings is 1. The van der Waals surface area contributed by atoms with Crippen molar-refractivity contribution in [1.29, 1.82) is 0 Å². The maximum atomic E-state index is 10.6. The first-order chi connectivity index (χ1) is 9.06. The van der Waals surface area contributed by atoms with E-state index in [9.17, 15) is 14.9 Å². The van der Waals surface area contributed by atoms with Crippen LogP contribution in [0.25, 0.3) is 0 Å². The zero-order valence-electron chi connectivity index (χ0n) is 9.44. The number of aromatic carboxylic acids is 1. The SMILES string of the molecule is O=C(O)c1ccc(CNc2ncc([N+](=O)[O-])cn2)o1. The number of nitrogens with zero attached hydrogens (tertiary/aromatic N) is 3. The van der Waals surface area contributed by atoms with E-state index < -0.39 is 10.9 Å². The summed E-state index contributed by atoms with van der Waals surface area (Å²) < 4.78 is 5.00. The summed E-state index contributed by atoms with van der Waals surface area (Å²) in [7, 11) is 0. The lowest BCUT2D eigenvalue weighted by Gasteiger charge is -2.01. The van der Waals surface area contributed by atoms with Crippen LogP contribution >= 0.6 is 0 Å². The third kappa shape index (κ3) is 3.03. The Labute approximate surface area is 106 Å². The van der Waals surface area contributed by atoms with E-state index in [0.717, 1.165) is 12.4 Å². The first-order valence-electron chi connectivity index (χ1n) is 5.08. The van der Waals surface area contributed by atoms with E-state index in [-0.39, 0.29) is 23.9 Å². The molecule has 19 heavy (non-hydrogen) atoms. The number of carboxylic acids is 1. The van der Waals surface area contributed by atoms with Crippen molar-refractivity contribution in [2.45, 2.75) is 6.54 Å². The number of aromatic nitrogens is 2. The lowest BCUT2D eigenvalue weighted by atomic mass is 10.4. The molecular weight excluding hydrogens is 256 g/mol. The van der Waals surface area contributed by atoms with Crippen LogP contribution in [0.3, 0.4) is 0 Å². The van der Waals surface area contributed by atoms with Crippen molar-refractivity contribution in [3.05, 3.63) is 46.2 Å². The molecule has 2 aromatic rings. The van der Waals surface area contributed by atoms with Crippen LogP contribution in [-0.2, 0) is 6.54 Å². The Bertz CT molecular complexity index is 607. The van der Waals surface area contributed by atoms with Gasteiger partial charge in [0, 0.05) is 0 Å².